The summed E-state index contributed by atoms with van der Waals surface area (Å²) >= 11 is 0. The fourth-order valence-corrected chi connectivity index (χ4v) is 6.32. The van der Waals surface area contributed by atoms with E-state index in [1.807, 2.05) is 12.1 Å². The van der Waals surface area contributed by atoms with Crippen LogP contribution >= 0.6 is 0 Å². The Balaban J connectivity index is 1.31. The van der Waals surface area contributed by atoms with E-state index in [0.29, 0.717) is 12.1 Å². The molecule has 1 N–H and O–H groups in total. The molecule has 2 aromatic carbocycles. The van der Waals surface area contributed by atoms with Crippen LogP contribution in [0.1, 0.15) is 35.1 Å². The number of ether oxygens (including phenoxy) is 1. The van der Waals surface area contributed by atoms with E-state index < -0.39 is 0 Å². The highest BCUT2D eigenvalue weighted by Crippen LogP contribution is 2.41. The van der Waals surface area contributed by atoms with Crippen molar-refractivity contribution in [2.24, 2.45) is 5.92 Å². The lowest BCUT2D eigenvalue weighted by Gasteiger charge is -2.43. The van der Waals surface area contributed by atoms with Crippen LogP contribution in [0.2, 0.25) is 0 Å². The van der Waals surface area contributed by atoms with Crippen LogP contribution < -0.4 is 0 Å². The molecular formula is C30H36N4O2. The average Bonchev–Trinajstić information content (AvgIpc) is 3.32. The van der Waals surface area contributed by atoms with Crippen LogP contribution in [-0.2, 0) is 22.5 Å². The molecule has 1 fully saturated rings. The zero-order valence-electron chi connectivity index (χ0n) is 21.5. The lowest BCUT2D eigenvalue weighted by atomic mass is 9.80. The van der Waals surface area contributed by atoms with Gasteiger partial charge in [-0.25, -0.2) is 5.01 Å². The van der Waals surface area contributed by atoms with Crippen LogP contribution in [0.25, 0.3) is 16.5 Å². The molecule has 0 saturated carbocycles. The van der Waals surface area contributed by atoms with Gasteiger partial charge in [-0.3, -0.25) is 14.7 Å². The molecule has 6 rings (SSSR count). The molecule has 1 aliphatic carbocycles. The summed E-state index contributed by atoms with van der Waals surface area (Å²) in [5.74, 6) is -0.0131. The highest BCUT2D eigenvalue weighted by Gasteiger charge is 2.38. The molecule has 3 heterocycles. The third-order valence-corrected chi connectivity index (χ3v) is 8.37. The first-order valence-electron chi connectivity index (χ1n) is 13.2. The molecule has 0 unspecified atom stereocenters. The Morgan fingerprint density at radius 2 is 1.92 bits per heavy atom. The zero-order valence-corrected chi connectivity index (χ0v) is 21.5. The molecule has 2 aliphatic heterocycles. The van der Waals surface area contributed by atoms with E-state index in [4.69, 9.17) is 4.74 Å². The Morgan fingerprint density at radius 3 is 2.69 bits per heavy atom. The molecule has 0 bridgehead atoms. The zero-order chi connectivity index (χ0) is 24.8. The topological polar surface area (TPSA) is 51.8 Å². The van der Waals surface area contributed by atoms with Crippen LogP contribution in [0, 0.1) is 12.8 Å². The van der Waals surface area contributed by atoms with E-state index in [1.165, 1.54) is 38.7 Å². The molecule has 6 nitrogen and oxygen atoms in total. The maximum atomic E-state index is 14.1. The summed E-state index contributed by atoms with van der Waals surface area (Å²) < 4.78 is 5.65. The van der Waals surface area contributed by atoms with Gasteiger partial charge in [-0.05, 0) is 61.6 Å². The molecule has 2 atom stereocenters. The van der Waals surface area contributed by atoms with Gasteiger partial charge in [0.1, 0.15) is 0 Å². The van der Waals surface area contributed by atoms with Crippen molar-refractivity contribution in [1.29, 1.82) is 0 Å². The van der Waals surface area contributed by atoms with Gasteiger partial charge < -0.3 is 9.72 Å². The van der Waals surface area contributed by atoms with Crippen molar-refractivity contribution in [2.75, 3.05) is 33.9 Å². The van der Waals surface area contributed by atoms with Crippen LogP contribution in [0.15, 0.2) is 54.7 Å². The number of hydrogen-bond acceptors (Lipinski definition) is 4. The van der Waals surface area contributed by atoms with E-state index in [1.54, 1.807) is 0 Å². The predicted octanol–water partition coefficient (Wildman–Crippen LogP) is 4.40. The maximum Gasteiger partial charge on any atom is 0.244 e. The average molecular weight is 485 g/mol. The Hall–Kier alpha value is -2.93. The smallest absolute Gasteiger partial charge is 0.244 e. The third-order valence-electron chi connectivity index (χ3n) is 8.37. The van der Waals surface area contributed by atoms with E-state index >= 15 is 0 Å². The van der Waals surface area contributed by atoms with E-state index in [9.17, 15) is 4.79 Å². The number of fused-ring (bicyclic) bond motifs is 2. The Kier molecular flexibility index (Phi) is 6.20. The summed E-state index contributed by atoms with van der Waals surface area (Å²) in [6.07, 6.45) is 7.28. The van der Waals surface area contributed by atoms with E-state index in [-0.39, 0.29) is 11.8 Å². The summed E-state index contributed by atoms with van der Waals surface area (Å²) in [7, 11) is 4.13. The van der Waals surface area contributed by atoms with Crippen LogP contribution in [-0.4, -0.2) is 71.7 Å². The monoisotopic (exact) mass is 484 g/mol. The Morgan fingerprint density at radius 1 is 1.14 bits per heavy atom. The van der Waals surface area contributed by atoms with Gasteiger partial charge in [0.15, 0.2) is 0 Å². The first kappa shape index (κ1) is 23.5. The van der Waals surface area contributed by atoms with Gasteiger partial charge in [0, 0.05) is 62.5 Å². The molecule has 1 amide bonds. The molecular weight excluding hydrogens is 448 g/mol. The highest BCUT2D eigenvalue weighted by atomic mass is 16.5. The van der Waals surface area contributed by atoms with Gasteiger partial charge in [0.25, 0.3) is 0 Å². The van der Waals surface area contributed by atoms with Crippen LogP contribution in [0.4, 0.5) is 0 Å². The number of carbonyl (C=O) groups excluding carboxylic acids is 1. The first-order valence-corrected chi connectivity index (χ1v) is 13.2. The SMILES string of the molecule is Cc1ccc(CN(C2CCOCC2)N(C)C(=O)[C@@H]2C=C3c4cccc5[nH]cc(c45)C[C@H]3N(C)C2)cc1. The number of hydrazine groups is 1. The fourth-order valence-electron chi connectivity index (χ4n) is 6.32. The molecule has 1 saturated heterocycles. The van der Waals surface area contributed by atoms with Gasteiger partial charge in [-0.15, -0.1) is 0 Å². The molecule has 188 valence electrons. The van der Waals surface area contributed by atoms with Crippen LogP contribution in [0.5, 0.6) is 0 Å². The molecule has 0 radical (unpaired) electrons. The summed E-state index contributed by atoms with van der Waals surface area (Å²) in [5.41, 5.74) is 7.60. The number of amides is 1. The lowest BCUT2D eigenvalue weighted by molar-refractivity contribution is -0.159. The minimum absolute atomic E-state index is 0.165. The minimum atomic E-state index is -0.178. The van der Waals surface area contributed by atoms with Crippen molar-refractivity contribution in [3.8, 4) is 0 Å². The van der Waals surface area contributed by atoms with Crippen molar-refractivity contribution in [3.05, 3.63) is 77.0 Å². The number of aromatic nitrogens is 1. The number of benzene rings is 2. The minimum Gasteiger partial charge on any atom is -0.381 e. The second kappa shape index (κ2) is 9.51. The van der Waals surface area contributed by atoms with E-state index in [2.05, 4.69) is 83.6 Å². The molecule has 1 aromatic heterocycles. The number of rotatable bonds is 5. The number of nitrogens with zero attached hydrogens (tertiary/aromatic N) is 3. The number of hydrogen-bond donors (Lipinski definition) is 1. The van der Waals surface area contributed by atoms with Crippen LogP contribution in [0.3, 0.4) is 0 Å². The van der Waals surface area contributed by atoms with Gasteiger partial charge >= 0.3 is 0 Å². The molecule has 3 aliphatic rings. The predicted molar refractivity (Wildman–Crippen MR) is 143 cm³/mol. The largest absolute Gasteiger partial charge is 0.381 e. The normalized spacial score (nSPS) is 22.5. The molecule has 6 heteroatoms. The molecule has 0 spiro atoms. The second-order valence-electron chi connectivity index (χ2n) is 10.7. The first-order chi connectivity index (χ1) is 17.5. The Labute approximate surface area is 213 Å². The van der Waals surface area contributed by atoms with Gasteiger partial charge in [0.2, 0.25) is 5.91 Å². The third kappa shape index (κ3) is 4.17. The quantitative estimate of drug-likeness (QED) is 0.546. The van der Waals surface area contributed by atoms with Gasteiger partial charge in [0.05, 0.1) is 5.92 Å². The van der Waals surface area contributed by atoms with Crippen molar-refractivity contribution in [3.63, 3.8) is 0 Å². The lowest BCUT2D eigenvalue weighted by Crippen LogP contribution is -2.54. The fraction of sp³-hybridized carbons (Fsp3) is 0.433. The summed E-state index contributed by atoms with van der Waals surface area (Å²) in [6, 6.07) is 15.7. The maximum absolute atomic E-state index is 14.1. The summed E-state index contributed by atoms with van der Waals surface area (Å²) in [6.45, 7) is 5.06. The van der Waals surface area contributed by atoms with Crippen molar-refractivity contribution < 1.29 is 9.53 Å². The highest BCUT2D eigenvalue weighted by molar-refractivity contribution is 5.99. The van der Waals surface area contributed by atoms with E-state index in [0.717, 1.165) is 45.6 Å². The molecule has 3 aromatic rings. The van der Waals surface area contributed by atoms with Gasteiger partial charge in [-0.2, -0.15) is 0 Å². The number of aryl methyl sites for hydroxylation is 1. The summed E-state index contributed by atoms with van der Waals surface area (Å²) in [4.78, 5) is 19.9. The number of aromatic amines is 1. The summed E-state index contributed by atoms with van der Waals surface area (Å²) in [5, 5.41) is 5.51. The Bertz CT molecular complexity index is 1290. The standard InChI is InChI=1S/C30H36N4O2/c1-20-7-9-21(10-8-20)18-34(24-11-13-36-14-12-24)33(3)30(35)23-15-26-25-5-4-6-27-29(25)22(17-31-27)16-28(26)32(2)19-23/h4-10,15,17,23-24,28,31H,11-14,16,18-19H2,1-3H3/t23-,28-/m1/s1. The number of likely N-dealkylation sites (N-methyl/N-ethyl adjacent to an activating group) is 1. The number of H-pyrrole nitrogens is 1. The van der Waals surface area contributed by atoms with Crippen molar-refractivity contribution in [2.45, 2.75) is 44.8 Å². The van der Waals surface area contributed by atoms with Gasteiger partial charge in [-0.1, -0.05) is 48.0 Å². The number of nitrogens with one attached hydrogen (secondary N) is 1. The van der Waals surface area contributed by atoms with Crippen molar-refractivity contribution >= 4 is 22.4 Å². The number of carbonyl (C=O) groups is 1. The second-order valence-corrected chi connectivity index (χ2v) is 10.7. The molecule has 36 heavy (non-hydrogen) atoms. The van der Waals surface area contributed by atoms with Crippen molar-refractivity contribution in [1.82, 2.24) is 19.9 Å².